The number of esters is 1. The molecule has 0 aliphatic rings. The zero-order valence-corrected chi connectivity index (χ0v) is 9.00. The highest BCUT2D eigenvalue weighted by molar-refractivity contribution is 5.75. The van der Waals surface area contributed by atoms with E-state index in [1.165, 1.54) is 0 Å². The lowest BCUT2D eigenvalue weighted by atomic mass is 10.0. The van der Waals surface area contributed by atoms with Crippen LogP contribution in [0.4, 0.5) is 0 Å². The minimum absolute atomic E-state index is 0.217. The highest BCUT2D eigenvalue weighted by Crippen LogP contribution is 2.12. The summed E-state index contributed by atoms with van der Waals surface area (Å²) in [7, 11) is 1.55. The van der Waals surface area contributed by atoms with Crippen LogP contribution in [0.5, 0.6) is 0 Å². The second-order valence-corrected chi connectivity index (χ2v) is 3.21. The molecule has 0 spiro atoms. The van der Waals surface area contributed by atoms with Gasteiger partial charge in [0.05, 0.1) is 6.61 Å². The second-order valence-electron chi connectivity index (χ2n) is 3.21. The van der Waals surface area contributed by atoms with Crippen molar-refractivity contribution in [2.45, 2.75) is 39.7 Å². The van der Waals surface area contributed by atoms with E-state index < -0.39 is 6.10 Å². The molecule has 13 heavy (non-hydrogen) atoms. The molecule has 2 unspecified atom stereocenters. The lowest BCUT2D eigenvalue weighted by molar-refractivity contribution is -0.158. The molecule has 0 fully saturated rings. The van der Waals surface area contributed by atoms with Crippen molar-refractivity contribution in [1.82, 2.24) is 0 Å². The van der Waals surface area contributed by atoms with Gasteiger partial charge in [0, 0.05) is 7.11 Å². The fourth-order valence-electron chi connectivity index (χ4n) is 1.06. The lowest BCUT2D eigenvalue weighted by Gasteiger charge is -2.19. The first-order chi connectivity index (χ1) is 6.17. The Hall–Kier alpha value is -0.570. The summed E-state index contributed by atoms with van der Waals surface area (Å²) in [6.45, 7) is 6.47. The van der Waals surface area contributed by atoms with Crippen molar-refractivity contribution in [3.05, 3.63) is 0 Å². The summed E-state index contributed by atoms with van der Waals surface area (Å²) < 4.78 is 10.1. The van der Waals surface area contributed by atoms with E-state index in [0.29, 0.717) is 6.61 Å². The molecular weight excluding hydrogens is 168 g/mol. The fraction of sp³-hybridized carbons (Fsp3) is 0.900. The maximum atomic E-state index is 11.4. The molecule has 3 heteroatoms. The molecule has 0 saturated carbocycles. The molecule has 0 aromatic heterocycles. The molecule has 0 heterocycles. The molecule has 0 bridgehead atoms. The van der Waals surface area contributed by atoms with E-state index in [4.69, 9.17) is 9.47 Å². The largest absolute Gasteiger partial charge is 0.464 e. The van der Waals surface area contributed by atoms with Gasteiger partial charge >= 0.3 is 5.97 Å². The molecule has 3 nitrogen and oxygen atoms in total. The summed E-state index contributed by atoms with van der Waals surface area (Å²) in [4.78, 5) is 11.4. The van der Waals surface area contributed by atoms with E-state index in [2.05, 4.69) is 0 Å². The van der Waals surface area contributed by atoms with Gasteiger partial charge in [-0.2, -0.15) is 0 Å². The lowest BCUT2D eigenvalue weighted by Crippen LogP contribution is -2.31. The molecule has 0 amide bonds. The van der Waals surface area contributed by atoms with Crippen molar-refractivity contribution in [1.29, 1.82) is 0 Å². The summed E-state index contributed by atoms with van der Waals surface area (Å²) in [6, 6.07) is 0. The molecule has 0 aromatic rings. The van der Waals surface area contributed by atoms with Crippen LogP contribution in [0.3, 0.4) is 0 Å². The minimum Gasteiger partial charge on any atom is -0.464 e. The Labute approximate surface area is 80.4 Å². The van der Waals surface area contributed by atoms with Crippen molar-refractivity contribution in [3.8, 4) is 0 Å². The van der Waals surface area contributed by atoms with Gasteiger partial charge in [-0.3, -0.25) is 0 Å². The van der Waals surface area contributed by atoms with Crippen molar-refractivity contribution < 1.29 is 14.3 Å². The SMILES string of the molecule is CCCOC(=O)C(OC)C(C)CC. The topological polar surface area (TPSA) is 35.5 Å². The van der Waals surface area contributed by atoms with E-state index in [-0.39, 0.29) is 11.9 Å². The van der Waals surface area contributed by atoms with Gasteiger partial charge in [0.2, 0.25) is 0 Å². The van der Waals surface area contributed by atoms with Crippen LogP contribution in [0.25, 0.3) is 0 Å². The Bertz CT molecular complexity index is 145. The number of ether oxygens (including phenoxy) is 2. The van der Waals surface area contributed by atoms with E-state index in [1.807, 2.05) is 20.8 Å². The maximum absolute atomic E-state index is 11.4. The van der Waals surface area contributed by atoms with Crippen molar-refractivity contribution in [3.63, 3.8) is 0 Å². The first kappa shape index (κ1) is 12.4. The molecule has 78 valence electrons. The number of carbonyl (C=O) groups excluding carboxylic acids is 1. The normalized spacial score (nSPS) is 15.1. The smallest absolute Gasteiger partial charge is 0.335 e. The summed E-state index contributed by atoms with van der Waals surface area (Å²) in [5, 5.41) is 0. The minimum atomic E-state index is -0.406. The third-order valence-electron chi connectivity index (χ3n) is 2.10. The first-order valence-corrected chi connectivity index (χ1v) is 4.86. The second kappa shape index (κ2) is 6.89. The third kappa shape index (κ3) is 4.27. The Kier molecular flexibility index (Phi) is 6.59. The Morgan fingerprint density at radius 2 is 2.00 bits per heavy atom. The monoisotopic (exact) mass is 188 g/mol. The van der Waals surface area contributed by atoms with Crippen molar-refractivity contribution in [2.75, 3.05) is 13.7 Å². The van der Waals surface area contributed by atoms with E-state index in [0.717, 1.165) is 12.8 Å². The van der Waals surface area contributed by atoms with E-state index in [9.17, 15) is 4.79 Å². The number of rotatable bonds is 6. The molecule has 0 N–H and O–H groups in total. The van der Waals surface area contributed by atoms with Crippen LogP contribution in [0.1, 0.15) is 33.6 Å². The summed E-state index contributed by atoms with van der Waals surface area (Å²) >= 11 is 0. The molecule has 0 saturated heterocycles. The molecule has 0 rings (SSSR count). The zero-order valence-electron chi connectivity index (χ0n) is 9.00. The molecule has 0 radical (unpaired) electrons. The van der Waals surface area contributed by atoms with Gasteiger partial charge in [0.1, 0.15) is 0 Å². The van der Waals surface area contributed by atoms with Crippen LogP contribution in [-0.4, -0.2) is 25.8 Å². The highest BCUT2D eigenvalue weighted by atomic mass is 16.6. The van der Waals surface area contributed by atoms with Gasteiger partial charge < -0.3 is 9.47 Å². The zero-order chi connectivity index (χ0) is 10.3. The van der Waals surface area contributed by atoms with E-state index >= 15 is 0 Å². The number of hydrogen-bond acceptors (Lipinski definition) is 3. The third-order valence-corrected chi connectivity index (χ3v) is 2.10. The van der Waals surface area contributed by atoms with Crippen LogP contribution in [-0.2, 0) is 14.3 Å². The number of hydrogen-bond donors (Lipinski definition) is 0. The Balaban J connectivity index is 3.99. The molecule has 0 aliphatic carbocycles. The average Bonchev–Trinajstić information content (AvgIpc) is 2.15. The van der Waals surface area contributed by atoms with Crippen LogP contribution in [0.15, 0.2) is 0 Å². The average molecular weight is 188 g/mol. The van der Waals surface area contributed by atoms with Gasteiger partial charge in [-0.25, -0.2) is 4.79 Å². The molecule has 0 aromatic carbocycles. The van der Waals surface area contributed by atoms with Gasteiger partial charge in [-0.15, -0.1) is 0 Å². The summed E-state index contributed by atoms with van der Waals surface area (Å²) in [6.07, 6.45) is 1.36. The molecular formula is C10H20O3. The number of carbonyl (C=O) groups is 1. The summed E-state index contributed by atoms with van der Waals surface area (Å²) in [5.41, 5.74) is 0. The van der Waals surface area contributed by atoms with Crippen LogP contribution < -0.4 is 0 Å². The fourth-order valence-corrected chi connectivity index (χ4v) is 1.06. The van der Waals surface area contributed by atoms with Crippen molar-refractivity contribution in [2.24, 2.45) is 5.92 Å². The Morgan fingerprint density at radius 1 is 1.38 bits per heavy atom. The predicted molar refractivity (Wildman–Crippen MR) is 51.5 cm³/mol. The predicted octanol–water partition coefficient (Wildman–Crippen LogP) is 2.00. The van der Waals surface area contributed by atoms with Gasteiger partial charge in [0.25, 0.3) is 0 Å². The maximum Gasteiger partial charge on any atom is 0.335 e. The van der Waals surface area contributed by atoms with Crippen LogP contribution >= 0.6 is 0 Å². The quantitative estimate of drug-likeness (QED) is 0.598. The Morgan fingerprint density at radius 3 is 2.38 bits per heavy atom. The summed E-state index contributed by atoms with van der Waals surface area (Å²) in [5.74, 6) is -0.0203. The van der Waals surface area contributed by atoms with E-state index in [1.54, 1.807) is 7.11 Å². The highest BCUT2D eigenvalue weighted by Gasteiger charge is 2.24. The van der Waals surface area contributed by atoms with Gasteiger partial charge in [-0.1, -0.05) is 27.2 Å². The first-order valence-electron chi connectivity index (χ1n) is 4.86. The number of methoxy groups -OCH3 is 1. The standard InChI is InChI=1S/C10H20O3/c1-5-7-13-10(11)9(12-4)8(3)6-2/h8-9H,5-7H2,1-4H3. The van der Waals surface area contributed by atoms with Crippen LogP contribution in [0.2, 0.25) is 0 Å². The van der Waals surface area contributed by atoms with Gasteiger partial charge in [0.15, 0.2) is 6.10 Å². The van der Waals surface area contributed by atoms with Crippen LogP contribution in [0, 0.1) is 5.92 Å². The van der Waals surface area contributed by atoms with Crippen molar-refractivity contribution >= 4 is 5.97 Å². The molecule has 2 atom stereocenters. The molecule has 0 aliphatic heterocycles. The van der Waals surface area contributed by atoms with Gasteiger partial charge in [-0.05, 0) is 12.3 Å².